The third kappa shape index (κ3) is 2.40. The molecule has 4 rings (SSSR count). The van der Waals surface area contributed by atoms with Crippen LogP contribution in [0.5, 0.6) is 0 Å². The van der Waals surface area contributed by atoms with Gasteiger partial charge in [0.1, 0.15) is 0 Å². The molecule has 112 valence electrons. The molecule has 0 bridgehead atoms. The molecule has 2 aromatic heterocycles. The number of benzene rings is 1. The van der Waals surface area contributed by atoms with E-state index < -0.39 is 0 Å². The molecule has 2 N–H and O–H groups in total. The molecule has 0 radical (unpaired) electrons. The van der Waals surface area contributed by atoms with Gasteiger partial charge in [0.15, 0.2) is 0 Å². The zero-order valence-corrected chi connectivity index (χ0v) is 12.8. The van der Waals surface area contributed by atoms with Gasteiger partial charge in [-0.3, -0.25) is 0 Å². The van der Waals surface area contributed by atoms with Gasteiger partial charge < -0.3 is 15.4 Å². The minimum absolute atomic E-state index is 0.318. The van der Waals surface area contributed by atoms with Crippen LogP contribution in [0.3, 0.4) is 0 Å². The first-order chi connectivity index (χ1) is 10.8. The molecular weight excluding hydrogens is 296 g/mol. The molecule has 0 amide bonds. The number of nitrogens with two attached hydrogens (primary N) is 1. The fourth-order valence-electron chi connectivity index (χ4n) is 2.73. The molecule has 0 saturated carbocycles. The number of aromatic nitrogens is 2. The summed E-state index contributed by atoms with van der Waals surface area (Å²) in [6.45, 7) is 3.46. The van der Waals surface area contributed by atoms with Crippen molar-refractivity contribution in [2.45, 2.75) is 0 Å². The van der Waals surface area contributed by atoms with Crippen molar-refractivity contribution in [3.05, 3.63) is 35.7 Å². The van der Waals surface area contributed by atoms with Crippen LogP contribution in [0.1, 0.15) is 0 Å². The Bertz CT molecular complexity index is 794. The minimum atomic E-state index is 0.318. The summed E-state index contributed by atoms with van der Waals surface area (Å²) in [5, 5.41) is 2.02. The van der Waals surface area contributed by atoms with Crippen LogP contribution >= 0.6 is 11.3 Å². The van der Waals surface area contributed by atoms with Crippen molar-refractivity contribution < 1.29 is 4.74 Å². The topological polar surface area (TPSA) is 64.3 Å². The maximum atomic E-state index is 5.83. The summed E-state index contributed by atoms with van der Waals surface area (Å²) < 4.78 is 6.47. The summed E-state index contributed by atoms with van der Waals surface area (Å²) >= 11 is 1.64. The van der Waals surface area contributed by atoms with Gasteiger partial charge in [-0.25, -0.2) is 9.97 Å². The number of hydrogen-bond acceptors (Lipinski definition) is 6. The average molecular weight is 312 g/mol. The van der Waals surface area contributed by atoms with E-state index in [0.717, 1.165) is 47.8 Å². The first kappa shape index (κ1) is 13.5. The fraction of sp³-hybridized carbons (Fsp3) is 0.250. The van der Waals surface area contributed by atoms with Crippen LogP contribution in [0.15, 0.2) is 35.7 Å². The van der Waals surface area contributed by atoms with Crippen LogP contribution in [0.2, 0.25) is 0 Å². The van der Waals surface area contributed by atoms with Crippen molar-refractivity contribution in [3.8, 4) is 11.3 Å². The number of nitrogen functional groups attached to an aromatic ring is 1. The molecule has 6 heteroatoms. The van der Waals surface area contributed by atoms with Gasteiger partial charge in [0.05, 0.1) is 29.1 Å². The van der Waals surface area contributed by atoms with E-state index in [4.69, 9.17) is 10.5 Å². The predicted octanol–water partition coefficient (Wildman–Crippen LogP) is 2.78. The summed E-state index contributed by atoms with van der Waals surface area (Å²) in [7, 11) is 0. The SMILES string of the molecule is Nc1nc(-c2ccc(N3CCOCC3)cc2)c2sccc2n1. The van der Waals surface area contributed by atoms with Gasteiger partial charge >= 0.3 is 0 Å². The van der Waals surface area contributed by atoms with Crippen molar-refractivity contribution in [3.63, 3.8) is 0 Å². The molecule has 1 aliphatic rings. The Hall–Kier alpha value is -2.18. The van der Waals surface area contributed by atoms with Crippen molar-refractivity contribution in [2.24, 2.45) is 0 Å². The highest BCUT2D eigenvalue weighted by Crippen LogP contribution is 2.31. The van der Waals surface area contributed by atoms with E-state index in [-0.39, 0.29) is 0 Å². The molecule has 3 heterocycles. The Labute approximate surface area is 132 Å². The van der Waals surface area contributed by atoms with Crippen molar-refractivity contribution in [1.82, 2.24) is 9.97 Å². The second kappa shape index (κ2) is 5.55. The van der Waals surface area contributed by atoms with E-state index in [0.29, 0.717) is 5.95 Å². The number of hydrogen-bond donors (Lipinski definition) is 1. The molecule has 1 aromatic carbocycles. The van der Waals surface area contributed by atoms with Crippen molar-refractivity contribution in [2.75, 3.05) is 36.9 Å². The Kier molecular flexibility index (Phi) is 3.40. The Morgan fingerprint density at radius 3 is 2.59 bits per heavy atom. The Balaban J connectivity index is 1.71. The molecule has 0 aliphatic carbocycles. The zero-order chi connectivity index (χ0) is 14.9. The molecule has 0 spiro atoms. The molecule has 1 aliphatic heterocycles. The maximum Gasteiger partial charge on any atom is 0.221 e. The lowest BCUT2D eigenvalue weighted by Crippen LogP contribution is -2.36. The number of anilines is 2. The molecule has 0 unspecified atom stereocenters. The smallest absolute Gasteiger partial charge is 0.221 e. The van der Waals surface area contributed by atoms with E-state index in [1.54, 1.807) is 11.3 Å². The quantitative estimate of drug-likeness (QED) is 0.788. The number of thiophene rings is 1. The Morgan fingerprint density at radius 2 is 1.82 bits per heavy atom. The monoisotopic (exact) mass is 312 g/mol. The lowest BCUT2D eigenvalue weighted by molar-refractivity contribution is 0.122. The van der Waals surface area contributed by atoms with Gasteiger partial charge in [0, 0.05) is 24.3 Å². The molecule has 1 saturated heterocycles. The number of morpholine rings is 1. The van der Waals surface area contributed by atoms with E-state index in [9.17, 15) is 0 Å². The van der Waals surface area contributed by atoms with E-state index in [1.165, 1.54) is 5.69 Å². The largest absolute Gasteiger partial charge is 0.378 e. The van der Waals surface area contributed by atoms with E-state index in [1.807, 2.05) is 11.4 Å². The average Bonchev–Trinajstić information content (AvgIpc) is 3.03. The number of fused-ring (bicyclic) bond motifs is 1. The van der Waals surface area contributed by atoms with Gasteiger partial charge in [-0.2, -0.15) is 0 Å². The predicted molar refractivity (Wildman–Crippen MR) is 90.3 cm³/mol. The number of nitrogens with zero attached hydrogens (tertiary/aromatic N) is 3. The highest BCUT2D eigenvalue weighted by atomic mass is 32.1. The summed E-state index contributed by atoms with van der Waals surface area (Å²) in [5.74, 6) is 0.318. The summed E-state index contributed by atoms with van der Waals surface area (Å²) in [6.07, 6.45) is 0. The molecular formula is C16H16N4OS. The van der Waals surface area contributed by atoms with Gasteiger partial charge in [-0.05, 0) is 23.6 Å². The summed E-state index contributed by atoms with van der Waals surface area (Å²) in [6, 6.07) is 10.5. The molecule has 3 aromatic rings. The lowest BCUT2D eigenvalue weighted by Gasteiger charge is -2.28. The zero-order valence-electron chi connectivity index (χ0n) is 12.0. The molecule has 0 atom stereocenters. The normalized spacial score (nSPS) is 15.4. The first-order valence-electron chi connectivity index (χ1n) is 7.25. The van der Waals surface area contributed by atoms with E-state index >= 15 is 0 Å². The van der Waals surface area contributed by atoms with E-state index in [2.05, 4.69) is 39.1 Å². The molecule has 22 heavy (non-hydrogen) atoms. The van der Waals surface area contributed by atoms with Crippen LogP contribution in [-0.2, 0) is 4.74 Å². The Morgan fingerprint density at radius 1 is 1.05 bits per heavy atom. The number of rotatable bonds is 2. The second-order valence-electron chi connectivity index (χ2n) is 5.21. The van der Waals surface area contributed by atoms with Gasteiger partial charge in [0.25, 0.3) is 0 Å². The van der Waals surface area contributed by atoms with Crippen LogP contribution in [0.25, 0.3) is 21.5 Å². The van der Waals surface area contributed by atoms with Crippen molar-refractivity contribution in [1.29, 1.82) is 0 Å². The first-order valence-corrected chi connectivity index (χ1v) is 8.13. The van der Waals surface area contributed by atoms with Crippen molar-refractivity contribution >= 4 is 33.2 Å². The third-order valence-corrected chi connectivity index (χ3v) is 4.75. The van der Waals surface area contributed by atoms with Crippen LogP contribution in [-0.4, -0.2) is 36.3 Å². The lowest BCUT2D eigenvalue weighted by atomic mass is 10.1. The van der Waals surface area contributed by atoms with Crippen LogP contribution in [0.4, 0.5) is 11.6 Å². The molecule has 5 nitrogen and oxygen atoms in total. The highest BCUT2D eigenvalue weighted by Gasteiger charge is 2.13. The van der Waals surface area contributed by atoms with Crippen LogP contribution in [0, 0.1) is 0 Å². The third-order valence-electron chi connectivity index (χ3n) is 3.84. The van der Waals surface area contributed by atoms with Gasteiger partial charge in [-0.15, -0.1) is 11.3 Å². The second-order valence-corrected chi connectivity index (χ2v) is 6.13. The summed E-state index contributed by atoms with van der Waals surface area (Å²) in [5.41, 5.74) is 9.93. The number of ether oxygens (including phenoxy) is 1. The fourth-order valence-corrected chi connectivity index (χ4v) is 3.57. The minimum Gasteiger partial charge on any atom is -0.378 e. The summed E-state index contributed by atoms with van der Waals surface area (Å²) in [4.78, 5) is 11.0. The maximum absolute atomic E-state index is 5.83. The van der Waals surface area contributed by atoms with Gasteiger partial charge in [-0.1, -0.05) is 12.1 Å². The van der Waals surface area contributed by atoms with Crippen LogP contribution < -0.4 is 10.6 Å². The molecule has 1 fully saturated rings. The van der Waals surface area contributed by atoms with Gasteiger partial charge in [0.2, 0.25) is 5.95 Å². The highest BCUT2D eigenvalue weighted by molar-refractivity contribution is 7.17. The standard InChI is InChI=1S/C16H16N4OS/c17-16-18-13-5-10-22-15(13)14(19-16)11-1-3-12(4-2-11)20-6-8-21-9-7-20/h1-5,10H,6-9H2,(H2,17,18,19).